The van der Waals surface area contributed by atoms with Crippen LogP contribution in [0.15, 0.2) is 24.3 Å². The summed E-state index contributed by atoms with van der Waals surface area (Å²) in [5.74, 6) is 3.61. The molecule has 0 spiro atoms. The molecule has 1 aromatic carbocycles. The highest BCUT2D eigenvalue weighted by Crippen LogP contribution is 2.36. The highest BCUT2D eigenvalue weighted by molar-refractivity contribution is 7.80. The Hall–Kier alpha value is -0.470. The number of ether oxygens (including phenoxy) is 1. The molecule has 1 unspecified atom stereocenters. The second-order valence-corrected chi connectivity index (χ2v) is 10.9. The first kappa shape index (κ1) is 31.6. The Morgan fingerprint density at radius 3 is 1.88 bits per heavy atom. The first-order valence-corrected chi connectivity index (χ1v) is 15.6. The van der Waals surface area contributed by atoms with Gasteiger partial charge >= 0.3 is 0 Å². The van der Waals surface area contributed by atoms with E-state index in [1.54, 1.807) is 5.56 Å². The van der Waals surface area contributed by atoms with Gasteiger partial charge in [-0.15, -0.1) is 0 Å². The highest BCUT2D eigenvalue weighted by atomic mass is 32.1. The summed E-state index contributed by atoms with van der Waals surface area (Å²) in [6, 6.07) is 9.21. The molecule has 0 bridgehead atoms. The average molecular weight is 491 g/mol. The lowest BCUT2D eigenvalue weighted by atomic mass is 9.80. The van der Waals surface area contributed by atoms with Crippen molar-refractivity contribution in [1.82, 2.24) is 0 Å². The molecule has 0 aliphatic heterocycles. The van der Waals surface area contributed by atoms with Gasteiger partial charge < -0.3 is 4.74 Å². The molecule has 3 aliphatic carbocycles. The molecule has 0 heterocycles. The molecule has 0 saturated heterocycles. The average Bonchev–Trinajstić information content (AvgIpc) is 3.39. The second kappa shape index (κ2) is 20.7. The molecule has 3 fully saturated rings. The van der Waals surface area contributed by atoms with Crippen molar-refractivity contribution in [3.63, 3.8) is 0 Å². The minimum absolute atomic E-state index is 0.523. The Morgan fingerprint density at radius 2 is 1.38 bits per heavy atom. The van der Waals surface area contributed by atoms with Crippen molar-refractivity contribution >= 4 is 12.6 Å². The zero-order valence-corrected chi connectivity index (χ0v) is 24.4. The van der Waals surface area contributed by atoms with Gasteiger partial charge in [0.2, 0.25) is 0 Å². The lowest BCUT2D eigenvalue weighted by Gasteiger charge is -2.25. The summed E-state index contributed by atoms with van der Waals surface area (Å²) in [6.07, 6.45) is 21.2. The fraction of sp³-hybridized carbons (Fsp3) is 0.812. The van der Waals surface area contributed by atoms with Crippen LogP contribution in [0.3, 0.4) is 0 Å². The molecular weight excluding hydrogens is 432 g/mol. The van der Waals surface area contributed by atoms with Gasteiger partial charge in [-0.1, -0.05) is 96.9 Å². The fourth-order valence-electron chi connectivity index (χ4n) is 5.19. The normalized spacial score (nSPS) is 19.5. The van der Waals surface area contributed by atoms with Crippen molar-refractivity contribution in [3.05, 3.63) is 35.4 Å². The Balaban J connectivity index is 0.000000287. The lowest BCUT2D eigenvalue weighted by molar-refractivity contribution is -0.000310. The third-order valence-electron chi connectivity index (χ3n) is 7.56. The summed E-state index contributed by atoms with van der Waals surface area (Å²) in [5, 5.41) is 0. The van der Waals surface area contributed by atoms with Crippen LogP contribution < -0.4 is 0 Å². The van der Waals surface area contributed by atoms with Gasteiger partial charge in [0.25, 0.3) is 0 Å². The second-order valence-electron chi connectivity index (χ2n) is 10.5. The van der Waals surface area contributed by atoms with Crippen LogP contribution in [0.2, 0.25) is 0 Å². The molecular formula is C32H58OS. The van der Waals surface area contributed by atoms with Gasteiger partial charge in [-0.05, 0) is 92.9 Å². The minimum Gasteiger partial charge on any atom is -0.378 e. The van der Waals surface area contributed by atoms with E-state index in [4.69, 9.17) is 4.74 Å². The molecule has 1 nitrogen and oxygen atoms in total. The van der Waals surface area contributed by atoms with E-state index < -0.39 is 0 Å². The van der Waals surface area contributed by atoms with Crippen LogP contribution in [0, 0.1) is 11.8 Å². The van der Waals surface area contributed by atoms with Crippen LogP contribution in [-0.4, -0.2) is 18.5 Å². The van der Waals surface area contributed by atoms with Crippen LogP contribution in [0.4, 0.5) is 0 Å². The largest absolute Gasteiger partial charge is 0.378 e. The van der Waals surface area contributed by atoms with E-state index in [1.807, 2.05) is 13.8 Å². The predicted octanol–water partition coefficient (Wildman–Crippen LogP) is 10.4. The molecule has 1 atom stereocenters. The SMILES string of the molecule is CC.CC(OCC1CCCCC1)C1CCCC1.CCC.SCCCc1ccc(C2CCC2)cc1. The van der Waals surface area contributed by atoms with E-state index in [0.29, 0.717) is 6.10 Å². The van der Waals surface area contributed by atoms with Gasteiger partial charge in [0.1, 0.15) is 0 Å². The van der Waals surface area contributed by atoms with Gasteiger partial charge in [-0.2, -0.15) is 12.6 Å². The number of thiol groups is 1. The van der Waals surface area contributed by atoms with Gasteiger partial charge in [0.05, 0.1) is 6.10 Å². The summed E-state index contributed by atoms with van der Waals surface area (Å²) in [7, 11) is 0. The van der Waals surface area contributed by atoms with E-state index in [2.05, 4.69) is 57.7 Å². The number of rotatable bonds is 8. The molecule has 0 amide bonds. The van der Waals surface area contributed by atoms with Gasteiger partial charge in [0, 0.05) is 6.61 Å². The fourth-order valence-corrected chi connectivity index (χ4v) is 5.34. The van der Waals surface area contributed by atoms with Crippen LogP contribution >= 0.6 is 12.6 Å². The third-order valence-corrected chi connectivity index (χ3v) is 7.88. The predicted molar refractivity (Wildman–Crippen MR) is 156 cm³/mol. The van der Waals surface area contributed by atoms with Crippen molar-refractivity contribution < 1.29 is 4.74 Å². The van der Waals surface area contributed by atoms with Crippen molar-refractivity contribution in [2.24, 2.45) is 11.8 Å². The van der Waals surface area contributed by atoms with E-state index in [1.165, 1.54) is 102 Å². The van der Waals surface area contributed by atoms with Gasteiger partial charge in [-0.25, -0.2) is 0 Å². The number of hydrogen-bond donors (Lipinski definition) is 1. The van der Waals surface area contributed by atoms with Gasteiger partial charge in [0.15, 0.2) is 0 Å². The molecule has 2 heteroatoms. The topological polar surface area (TPSA) is 9.23 Å². The Bertz CT molecular complexity index is 553. The number of benzene rings is 1. The zero-order valence-electron chi connectivity index (χ0n) is 23.5. The van der Waals surface area contributed by atoms with Crippen molar-refractivity contribution in [2.75, 3.05) is 12.4 Å². The molecule has 1 aromatic rings. The quantitative estimate of drug-likeness (QED) is 0.356. The van der Waals surface area contributed by atoms with E-state index in [9.17, 15) is 0 Å². The molecule has 0 radical (unpaired) electrons. The zero-order chi connectivity index (χ0) is 25.0. The molecule has 0 aromatic heterocycles. The van der Waals surface area contributed by atoms with Crippen LogP contribution in [-0.2, 0) is 11.2 Å². The number of aryl methyl sites for hydroxylation is 1. The summed E-state index contributed by atoms with van der Waals surface area (Å²) >= 11 is 4.23. The third kappa shape index (κ3) is 13.0. The first-order chi connectivity index (χ1) is 16.7. The van der Waals surface area contributed by atoms with Crippen LogP contribution in [0.1, 0.15) is 142 Å². The standard InChI is InChI=1S/C14H26O.C13H18S.C3H8.C2H6/c1-12(14-9-5-6-10-14)15-11-13-7-3-2-4-8-13;14-10-2-3-11-6-8-13(9-7-11)12-4-1-5-12;1-3-2;1-2/h12-14H,2-11H2,1H3;6-9,12,14H,1-5,10H2;3H2,1-2H3;1-2H3. The van der Waals surface area contributed by atoms with Crippen LogP contribution in [0.25, 0.3) is 0 Å². The number of hydrogen-bond acceptors (Lipinski definition) is 2. The summed E-state index contributed by atoms with van der Waals surface area (Å²) in [5.41, 5.74) is 3.01. The maximum absolute atomic E-state index is 6.07. The summed E-state index contributed by atoms with van der Waals surface area (Å²) in [6.45, 7) is 11.6. The smallest absolute Gasteiger partial charge is 0.0575 e. The lowest BCUT2D eigenvalue weighted by Crippen LogP contribution is -2.23. The maximum Gasteiger partial charge on any atom is 0.0575 e. The molecule has 3 aliphatic rings. The molecule has 4 rings (SSSR count). The van der Waals surface area contributed by atoms with E-state index in [-0.39, 0.29) is 0 Å². The molecule has 3 saturated carbocycles. The summed E-state index contributed by atoms with van der Waals surface area (Å²) in [4.78, 5) is 0. The van der Waals surface area contributed by atoms with Crippen LogP contribution in [0.5, 0.6) is 0 Å². The van der Waals surface area contributed by atoms with Crippen molar-refractivity contribution in [3.8, 4) is 0 Å². The first-order valence-electron chi connectivity index (χ1n) is 15.0. The molecule has 0 N–H and O–H groups in total. The highest BCUT2D eigenvalue weighted by Gasteiger charge is 2.23. The monoisotopic (exact) mass is 490 g/mol. The van der Waals surface area contributed by atoms with E-state index >= 15 is 0 Å². The Labute approximate surface area is 219 Å². The summed E-state index contributed by atoms with van der Waals surface area (Å²) < 4.78 is 6.07. The Morgan fingerprint density at radius 1 is 0.824 bits per heavy atom. The Kier molecular flexibility index (Phi) is 19.2. The maximum atomic E-state index is 6.07. The molecule has 34 heavy (non-hydrogen) atoms. The molecule has 198 valence electrons. The van der Waals surface area contributed by atoms with Gasteiger partial charge in [-0.3, -0.25) is 0 Å². The van der Waals surface area contributed by atoms with E-state index in [0.717, 1.165) is 30.1 Å². The van der Waals surface area contributed by atoms with Crippen molar-refractivity contribution in [2.45, 2.75) is 143 Å². The minimum atomic E-state index is 0.523. The van der Waals surface area contributed by atoms with Crippen molar-refractivity contribution in [1.29, 1.82) is 0 Å².